The molecule has 3 aromatic rings. The van der Waals surface area contributed by atoms with Gasteiger partial charge in [0.25, 0.3) is 0 Å². The zero-order valence-corrected chi connectivity index (χ0v) is 16.9. The summed E-state index contributed by atoms with van der Waals surface area (Å²) in [6.45, 7) is 2.40. The normalized spacial score (nSPS) is 10.3. The number of hydrogen-bond donors (Lipinski definition) is 4. The van der Waals surface area contributed by atoms with Crippen LogP contribution in [0.15, 0.2) is 41.6 Å². The third-order valence-electron chi connectivity index (χ3n) is 3.70. The van der Waals surface area contributed by atoms with E-state index >= 15 is 0 Å². The second-order valence-electron chi connectivity index (χ2n) is 5.89. The average molecular weight is 429 g/mol. The zero-order valence-electron chi connectivity index (χ0n) is 15.4. The number of benzene rings is 2. The highest BCUT2D eigenvalue weighted by Gasteiger charge is 2.09. The van der Waals surface area contributed by atoms with Crippen LogP contribution < -0.4 is 10.6 Å². The molecule has 7 nitrogen and oxygen atoms in total. The smallest absolute Gasteiger partial charge is 0.319 e. The molecule has 0 aliphatic carbocycles. The third-order valence-corrected chi connectivity index (χ3v) is 4.87. The molecule has 3 rings (SSSR count). The molecule has 1 aromatic heterocycles. The minimum absolute atomic E-state index is 0.0782. The monoisotopic (exact) mass is 428 g/mol. The van der Waals surface area contributed by atoms with Crippen molar-refractivity contribution >= 4 is 52.1 Å². The number of imidazole rings is 1. The lowest BCUT2D eigenvalue weighted by atomic mass is 10.1. The minimum Gasteiger partial charge on any atom is -0.481 e. The Hall–Kier alpha value is -3.15. The van der Waals surface area contributed by atoms with E-state index in [9.17, 15) is 9.59 Å². The number of aliphatic carboxylic acids is 1. The number of hydrogen-bond acceptors (Lipinski definition) is 4. The third kappa shape index (κ3) is 5.67. The number of halogens is 1. The summed E-state index contributed by atoms with van der Waals surface area (Å²) in [6.07, 6.45) is 0. The quantitative estimate of drug-likeness (QED) is 0.364. The topological polar surface area (TPSA) is 107 Å². The predicted molar refractivity (Wildman–Crippen MR) is 115 cm³/mol. The Bertz CT molecular complexity index is 1120. The van der Waals surface area contributed by atoms with Crippen molar-refractivity contribution in [3.63, 3.8) is 0 Å². The Morgan fingerprint density at radius 1 is 1.24 bits per heavy atom. The van der Waals surface area contributed by atoms with Crippen LogP contribution in [0.25, 0.3) is 11.0 Å². The fourth-order valence-electron chi connectivity index (χ4n) is 2.41. The van der Waals surface area contributed by atoms with E-state index in [1.807, 2.05) is 6.92 Å². The summed E-state index contributed by atoms with van der Waals surface area (Å²) in [5.74, 6) is 5.08. The second kappa shape index (κ2) is 9.37. The predicted octanol–water partition coefficient (Wildman–Crippen LogP) is 3.93. The minimum atomic E-state index is -0.910. The van der Waals surface area contributed by atoms with Gasteiger partial charge in [0, 0.05) is 23.4 Å². The summed E-state index contributed by atoms with van der Waals surface area (Å²) in [5.41, 5.74) is 3.44. The van der Waals surface area contributed by atoms with Crippen LogP contribution in [0.1, 0.15) is 18.1 Å². The van der Waals surface area contributed by atoms with E-state index in [1.54, 1.807) is 36.4 Å². The molecule has 0 saturated heterocycles. The van der Waals surface area contributed by atoms with Crippen molar-refractivity contribution in [2.24, 2.45) is 0 Å². The van der Waals surface area contributed by atoms with Crippen molar-refractivity contribution in [3.8, 4) is 11.8 Å². The Morgan fingerprint density at radius 2 is 2.00 bits per heavy atom. The molecule has 9 heteroatoms. The standard InChI is InChI=1S/C20H17ClN4O3S/c1-2-22-19(28)23-14-7-4-12(5-8-14)3-6-13-9-16-17(10-15(13)21)25-20(24-16)29-11-18(26)27/h4-5,7-10H,2,11H2,1H3,(H,24,25)(H,26,27)(H2,22,23,28). The number of carbonyl (C=O) groups is 2. The van der Waals surface area contributed by atoms with Crippen LogP contribution in [0.5, 0.6) is 0 Å². The molecule has 29 heavy (non-hydrogen) atoms. The molecule has 0 unspecified atom stereocenters. The van der Waals surface area contributed by atoms with Gasteiger partial charge in [-0.05, 0) is 43.3 Å². The summed E-state index contributed by atoms with van der Waals surface area (Å²) >= 11 is 7.41. The van der Waals surface area contributed by atoms with Crippen molar-refractivity contribution in [1.82, 2.24) is 15.3 Å². The van der Waals surface area contributed by atoms with Gasteiger partial charge in [0.15, 0.2) is 5.16 Å². The molecule has 4 N–H and O–H groups in total. The average Bonchev–Trinajstić information content (AvgIpc) is 3.07. The van der Waals surface area contributed by atoms with E-state index in [0.29, 0.717) is 33.5 Å². The van der Waals surface area contributed by atoms with Gasteiger partial charge >= 0.3 is 12.0 Å². The zero-order chi connectivity index (χ0) is 20.8. The van der Waals surface area contributed by atoms with Crippen LogP contribution in [-0.2, 0) is 4.79 Å². The Labute approximate surface area is 176 Å². The molecule has 0 aliphatic heterocycles. The first-order valence-electron chi connectivity index (χ1n) is 8.65. The van der Waals surface area contributed by atoms with Crippen molar-refractivity contribution < 1.29 is 14.7 Å². The number of amides is 2. The number of carboxylic acid groups (broad SMARTS) is 1. The molecular weight excluding hydrogens is 412 g/mol. The lowest BCUT2D eigenvalue weighted by Gasteiger charge is -2.05. The van der Waals surface area contributed by atoms with Gasteiger partial charge in [-0.3, -0.25) is 4.79 Å². The molecule has 0 bridgehead atoms. The van der Waals surface area contributed by atoms with E-state index in [1.165, 1.54) is 0 Å². The number of fused-ring (bicyclic) bond motifs is 1. The summed E-state index contributed by atoms with van der Waals surface area (Å²) in [4.78, 5) is 29.6. The van der Waals surface area contributed by atoms with Gasteiger partial charge in [-0.2, -0.15) is 0 Å². The van der Waals surface area contributed by atoms with Crippen LogP contribution in [0.4, 0.5) is 10.5 Å². The number of urea groups is 1. The number of thioether (sulfide) groups is 1. The van der Waals surface area contributed by atoms with E-state index in [2.05, 4.69) is 32.4 Å². The molecule has 148 valence electrons. The summed E-state index contributed by atoms with van der Waals surface area (Å²) in [6, 6.07) is 10.4. The van der Waals surface area contributed by atoms with Crippen molar-refractivity contribution in [1.29, 1.82) is 0 Å². The molecule has 0 fully saturated rings. The van der Waals surface area contributed by atoms with E-state index in [-0.39, 0.29) is 11.8 Å². The fraction of sp³-hybridized carbons (Fsp3) is 0.150. The van der Waals surface area contributed by atoms with Gasteiger partial charge < -0.3 is 20.7 Å². The number of aromatic amines is 1. The molecule has 1 heterocycles. The first-order valence-corrected chi connectivity index (χ1v) is 10.0. The number of anilines is 1. The van der Waals surface area contributed by atoms with E-state index in [0.717, 1.165) is 22.8 Å². The highest BCUT2D eigenvalue weighted by molar-refractivity contribution is 7.99. The number of rotatable bonds is 5. The molecule has 2 amide bonds. The molecule has 0 radical (unpaired) electrons. The van der Waals surface area contributed by atoms with Crippen LogP contribution in [0.2, 0.25) is 5.02 Å². The molecule has 2 aromatic carbocycles. The Kier molecular flexibility index (Phi) is 6.65. The largest absolute Gasteiger partial charge is 0.481 e. The van der Waals surface area contributed by atoms with Crippen molar-refractivity contribution in [2.75, 3.05) is 17.6 Å². The maximum absolute atomic E-state index is 11.5. The van der Waals surface area contributed by atoms with Gasteiger partial charge in [-0.15, -0.1) is 0 Å². The van der Waals surface area contributed by atoms with E-state index in [4.69, 9.17) is 16.7 Å². The number of nitrogens with one attached hydrogen (secondary N) is 3. The lowest BCUT2D eigenvalue weighted by Crippen LogP contribution is -2.28. The van der Waals surface area contributed by atoms with Crippen molar-refractivity contribution in [2.45, 2.75) is 12.1 Å². The second-order valence-corrected chi connectivity index (χ2v) is 7.26. The molecule has 0 aliphatic rings. The molecule has 0 saturated carbocycles. The van der Waals surface area contributed by atoms with Gasteiger partial charge in [0.1, 0.15) is 0 Å². The van der Waals surface area contributed by atoms with Crippen molar-refractivity contribution in [3.05, 3.63) is 52.5 Å². The van der Waals surface area contributed by atoms with Gasteiger partial charge in [0.05, 0.1) is 21.8 Å². The number of nitrogens with zero attached hydrogens (tertiary/aromatic N) is 1. The lowest BCUT2D eigenvalue weighted by molar-refractivity contribution is -0.133. The fourth-order valence-corrected chi connectivity index (χ4v) is 3.22. The summed E-state index contributed by atoms with van der Waals surface area (Å²) in [5, 5.41) is 15.1. The maximum atomic E-state index is 11.5. The Morgan fingerprint density at radius 3 is 2.69 bits per heavy atom. The maximum Gasteiger partial charge on any atom is 0.319 e. The molecular formula is C20H17ClN4O3S. The SMILES string of the molecule is CCNC(=O)Nc1ccc(C#Cc2cc3[nH]c(SCC(=O)O)nc3cc2Cl)cc1. The van der Waals surface area contributed by atoms with Crippen LogP contribution in [0, 0.1) is 11.8 Å². The van der Waals surface area contributed by atoms with Gasteiger partial charge in [-0.25, -0.2) is 9.78 Å². The number of H-pyrrole nitrogens is 1. The number of carboxylic acids is 1. The highest BCUT2D eigenvalue weighted by atomic mass is 35.5. The van der Waals surface area contributed by atoms with Gasteiger partial charge in [-0.1, -0.05) is 35.2 Å². The number of aromatic nitrogens is 2. The number of carbonyl (C=O) groups excluding carboxylic acids is 1. The molecule has 0 atom stereocenters. The van der Waals surface area contributed by atoms with Crippen LogP contribution in [0.3, 0.4) is 0 Å². The van der Waals surface area contributed by atoms with Crippen LogP contribution in [-0.4, -0.2) is 39.4 Å². The first kappa shape index (κ1) is 20.6. The first-order chi connectivity index (χ1) is 13.9. The molecule has 0 spiro atoms. The van der Waals surface area contributed by atoms with Crippen LogP contribution >= 0.6 is 23.4 Å². The summed E-state index contributed by atoms with van der Waals surface area (Å²) < 4.78 is 0. The Balaban J connectivity index is 1.76. The van der Waals surface area contributed by atoms with Gasteiger partial charge in [0.2, 0.25) is 0 Å². The summed E-state index contributed by atoms with van der Waals surface area (Å²) in [7, 11) is 0. The highest BCUT2D eigenvalue weighted by Crippen LogP contribution is 2.25. The van der Waals surface area contributed by atoms with E-state index < -0.39 is 5.97 Å².